The van der Waals surface area contributed by atoms with E-state index in [4.69, 9.17) is 0 Å². The minimum absolute atomic E-state index is 0. The van der Waals surface area contributed by atoms with Gasteiger partial charge in [-0.1, -0.05) is 36.4 Å². The summed E-state index contributed by atoms with van der Waals surface area (Å²) in [6.45, 7) is 4.73. The van der Waals surface area contributed by atoms with Gasteiger partial charge < -0.3 is 10.3 Å². The average molecular weight is 342 g/mol. The van der Waals surface area contributed by atoms with Crippen molar-refractivity contribution in [2.75, 3.05) is 26.2 Å². The molecule has 1 aliphatic heterocycles. The van der Waals surface area contributed by atoms with Crippen molar-refractivity contribution >= 4 is 24.8 Å². The van der Waals surface area contributed by atoms with Crippen LogP contribution in [0.4, 0.5) is 0 Å². The highest BCUT2D eigenvalue weighted by Crippen LogP contribution is 2.15. The quantitative estimate of drug-likeness (QED) is 0.900. The normalized spacial score (nSPS) is 14.7. The van der Waals surface area contributed by atoms with Crippen LogP contribution in [0.1, 0.15) is 5.56 Å². The summed E-state index contributed by atoms with van der Waals surface area (Å²) in [7, 11) is 0. The number of aromatic amines is 1. The van der Waals surface area contributed by atoms with Gasteiger partial charge in [0.15, 0.2) is 0 Å². The minimum atomic E-state index is 0. The second-order valence-corrected chi connectivity index (χ2v) is 5.12. The first-order valence-corrected chi connectivity index (χ1v) is 7.03. The van der Waals surface area contributed by atoms with Gasteiger partial charge in [-0.2, -0.15) is 0 Å². The summed E-state index contributed by atoms with van der Waals surface area (Å²) in [4.78, 5) is 17.5. The molecule has 0 spiro atoms. The molecule has 4 nitrogen and oxygen atoms in total. The van der Waals surface area contributed by atoms with Gasteiger partial charge in [0.2, 0.25) is 0 Å². The molecule has 1 fully saturated rings. The molecule has 0 radical (unpaired) electrons. The van der Waals surface area contributed by atoms with Gasteiger partial charge >= 0.3 is 0 Å². The lowest BCUT2D eigenvalue weighted by atomic mass is 10.1. The minimum Gasteiger partial charge on any atom is -0.322 e. The van der Waals surface area contributed by atoms with Crippen molar-refractivity contribution in [2.45, 2.75) is 6.54 Å². The number of pyridine rings is 1. The molecule has 0 aliphatic carbocycles. The van der Waals surface area contributed by atoms with Gasteiger partial charge in [-0.3, -0.25) is 9.69 Å². The highest BCUT2D eigenvalue weighted by atomic mass is 35.5. The van der Waals surface area contributed by atoms with E-state index >= 15 is 0 Å². The summed E-state index contributed by atoms with van der Waals surface area (Å²) < 4.78 is 0. The van der Waals surface area contributed by atoms with E-state index in [1.54, 1.807) is 0 Å². The monoisotopic (exact) mass is 341 g/mol. The van der Waals surface area contributed by atoms with Crippen molar-refractivity contribution in [2.24, 2.45) is 0 Å². The predicted molar refractivity (Wildman–Crippen MR) is 95.1 cm³/mol. The summed E-state index contributed by atoms with van der Waals surface area (Å²) in [5.41, 5.74) is 2.77. The van der Waals surface area contributed by atoms with E-state index in [0.29, 0.717) is 0 Å². The third-order valence-electron chi connectivity index (χ3n) is 3.68. The van der Waals surface area contributed by atoms with E-state index in [1.807, 2.05) is 42.5 Å². The van der Waals surface area contributed by atoms with Gasteiger partial charge in [0.05, 0.1) is 0 Å². The standard InChI is InChI=1S/C16H19N3O.2ClH/c20-16-14(12-19-10-8-17-9-11-19)6-7-15(18-16)13-4-2-1-3-5-13;;/h1-7,17H,8-12H2,(H,18,20);2*1H. The number of H-pyrrole nitrogens is 1. The zero-order valence-corrected chi connectivity index (χ0v) is 13.9. The smallest absolute Gasteiger partial charge is 0.252 e. The molecule has 1 aliphatic rings. The molecular weight excluding hydrogens is 321 g/mol. The first-order valence-electron chi connectivity index (χ1n) is 7.03. The summed E-state index contributed by atoms with van der Waals surface area (Å²) in [5, 5.41) is 3.32. The molecule has 22 heavy (non-hydrogen) atoms. The highest BCUT2D eigenvalue weighted by molar-refractivity contribution is 5.85. The second-order valence-electron chi connectivity index (χ2n) is 5.12. The van der Waals surface area contributed by atoms with Gasteiger partial charge in [0.1, 0.15) is 0 Å². The number of hydrogen-bond donors (Lipinski definition) is 2. The molecule has 1 aromatic carbocycles. The molecule has 2 heterocycles. The number of aromatic nitrogens is 1. The van der Waals surface area contributed by atoms with Crippen LogP contribution in [-0.4, -0.2) is 36.1 Å². The fourth-order valence-electron chi connectivity index (χ4n) is 2.52. The number of rotatable bonds is 3. The van der Waals surface area contributed by atoms with E-state index in [9.17, 15) is 4.79 Å². The Morgan fingerprint density at radius 3 is 2.27 bits per heavy atom. The van der Waals surface area contributed by atoms with E-state index in [2.05, 4.69) is 15.2 Å². The number of piperazine rings is 1. The molecule has 1 saturated heterocycles. The predicted octanol–water partition coefficient (Wildman–Crippen LogP) is 2.29. The highest BCUT2D eigenvalue weighted by Gasteiger charge is 2.12. The maximum atomic E-state index is 12.2. The summed E-state index contributed by atoms with van der Waals surface area (Å²) in [5.74, 6) is 0. The number of nitrogens with zero attached hydrogens (tertiary/aromatic N) is 1. The molecular formula is C16H21Cl2N3O. The Hall–Kier alpha value is -1.33. The first-order chi connectivity index (χ1) is 9.83. The lowest BCUT2D eigenvalue weighted by Gasteiger charge is -2.26. The van der Waals surface area contributed by atoms with Crippen LogP contribution in [0.25, 0.3) is 11.3 Å². The van der Waals surface area contributed by atoms with E-state index < -0.39 is 0 Å². The van der Waals surface area contributed by atoms with Gasteiger partial charge in [-0.15, -0.1) is 24.8 Å². The summed E-state index contributed by atoms with van der Waals surface area (Å²) in [6, 6.07) is 13.9. The zero-order chi connectivity index (χ0) is 13.8. The fourth-order valence-corrected chi connectivity index (χ4v) is 2.52. The molecule has 0 atom stereocenters. The zero-order valence-electron chi connectivity index (χ0n) is 12.2. The van der Waals surface area contributed by atoms with Crippen molar-refractivity contribution in [3.05, 3.63) is 58.4 Å². The fraction of sp³-hybridized carbons (Fsp3) is 0.312. The van der Waals surface area contributed by atoms with Crippen LogP contribution in [-0.2, 0) is 6.54 Å². The number of halogens is 2. The average Bonchev–Trinajstić information content (AvgIpc) is 2.51. The van der Waals surface area contributed by atoms with Gasteiger partial charge in [-0.25, -0.2) is 0 Å². The number of nitrogens with one attached hydrogen (secondary N) is 2. The van der Waals surface area contributed by atoms with Crippen LogP contribution in [0, 0.1) is 0 Å². The van der Waals surface area contributed by atoms with E-state index in [-0.39, 0.29) is 30.4 Å². The van der Waals surface area contributed by atoms with Crippen molar-refractivity contribution in [3.8, 4) is 11.3 Å². The molecule has 0 bridgehead atoms. The molecule has 0 amide bonds. The lowest BCUT2D eigenvalue weighted by molar-refractivity contribution is 0.232. The van der Waals surface area contributed by atoms with Crippen molar-refractivity contribution < 1.29 is 0 Å². The maximum Gasteiger partial charge on any atom is 0.252 e. The molecule has 2 aromatic rings. The topological polar surface area (TPSA) is 48.1 Å². The number of hydrogen-bond acceptors (Lipinski definition) is 3. The molecule has 3 rings (SSSR count). The first kappa shape index (κ1) is 18.7. The van der Waals surface area contributed by atoms with Gasteiger partial charge in [0, 0.05) is 44.0 Å². The van der Waals surface area contributed by atoms with Crippen LogP contribution in [0.5, 0.6) is 0 Å². The van der Waals surface area contributed by atoms with Crippen molar-refractivity contribution in [3.63, 3.8) is 0 Å². The van der Waals surface area contributed by atoms with Crippen molar-refractivity contribution in [1.29, 1.82) is 0 Å². The molecule has 1 aromatic heterocycles. The second kappa shape index (κ2) is 8.96. The number of benzene rings is 1. The summed E-state index contributed by atoms with van der Waals surface area (Å²) in [6.07, 6.45) is 0. The van der Waals surface area contributed by atoms with Crippen LogP contribution < -0.4 is 10.9 Å². The SMILES string of the molecule is Cl.Cl.O=c1[nH]c(-c2ccccc2)ccc1CN1CCNCC1. The van der Waals surface area contributed by atoms with Crippen LogP contribution in [0.3, 0.4) is 0 Å². The molecule has 2 N–H and O–H groups in total. The van der Waals surface area contributed by atoms with Gasteiger partial charge in [-0.05, 0) is 11.6 Å². The van der Waals surface area contributed by atoms with Crippen molar-refractivity contribution in [1.82, 2.24) is 15.2 Å². The maximum absolute atomic E-state index is 12.2. The molecule has 6 heteroatoms. The van der Waals surface area contributed by atoms with Gasteiger partial charge in [0.25, 0.3) is 5.56 Å². The Morgan fingerprint density at radius 1 is 0.955 bits per heavy atom. The summed E-state index contributed by atoms with van der Waals surface area (Å²) >= 11 is 0. The largest absolute Gasteiger partial charge is 0.322 e. The van der Waals surface area contributed by atoms with Crippen LogP contribution in [0.2, 0.25) is 0 Å². The Bertz CT molecular complexity index is 625. The third-order valence-corrected chi connectivity index (χ3v) is 3.68. The van der Waals surface area contributed by atoms with E-state index in [0.717, 1.165) is 49.5 Å². The van der Waals surface area contributed by atoms with E-state index in [1.165, 1.54) is 0 Å². The molecule has 120 valence electrons. The van der Waals surface area contributed by atoms with Crippen LogP contribution in [0.15, 0.2) is 47.3 Å². The third kappa shape index (κ3) is 4.58. The molecule has 0 saturated carbocycles. The Kier molecular flexibility index (Phi) is 7.62. The van der Waals surface area contributed by atoms with Crippen LogP contribution >= 0.6 is 24.8 Å². The Labute approximate surface area is 142 Å². The Balaban J connectivity index is 0.00000121. The molecule has 0 unspecified atom stereocenters. The Morgan fingerprint density at radius 2 is 1.64 bits per heavy atom. The lowest BCUT2D eigenvalue weighted by Crippen LogP contribution is -2.43.